The first-order valence-electron chi connectivity index (χ1n) is 11.5. The van der Waals surface area contributed by atoms with E-state index in [1.807, 2.05) is 23.1 Å². The predicted octanol–water partition coefficient (Wildman–Crippen LogP) is 4.40. The van der Waals surface area contributed by atoms with Gasteiger partial charge in [0, 0.05) is 37.4 Å². The Morgan fingerprint density at radius 3 is 3.06 bits per heavy atom. The Morgan fingerprint density at radius 2 is 2.22 bits per heavy atom. The highest BCUT2D eigenvalue weighted by Gasteiger charge is 2.29. The molecule has 0 spiro atoms. The number of hydrogen-bond acceptors (Lipinski definition) is 5. The fraction of sp³-hybridized carbons (Fsp3) is 0.440. The first kappa shape index (κ1) is 21.2. The van der Waals surface area contributed by atoms with E-state index in [-0.39, 0.29) is 12.0 Å². The van der Waals surface area contributed by atoms with Gasteiger partial charge >= 0.3 is 0 Å². The number of aryl methyl sites for hydroxylation is 1. The average Bonchev–Trinajstić information content (AvgIpc) is 3.59. The number of thiophene rings is 1. The SMILES string of the molecule is O=C(c1n[nH]c2c1CCC2)N(Cc1cccc(OCCc2ccsc2)c1)CC1CCCO1. The van der Waals surface area contributed by atoms with Crippen molar-refractivity contribution in [1.29, 1.82) is 0 Å². The van der Waals surface area contributed by atoms with Gasteiger partial charge in [-0.2, -0.15) is 16.4 Å². The minimum Gasteiger partial charge on any atom is -0.493 e. The second-order valence-electron chi connectivity index (χ2n) is 8.58. The van der Waals surface area contributed by atoms with Crippen molar-refractivity contribution >= 4 is 17.2 Å². The summed E-state index contributed by atoms with van der Waals surface area (Å²) >= 11 is 1.71. The van der Waals surface area contributed by atoms with Crippen LogP contribution in [0.5, 0.6) is 5.75 Å². The predicted molar refractivity (Wildman–Crippen MR) is 124 cm³/mol. The number of nitrogens with one attached hydrogen (secondary N) is 1. The lowest BCUT2D eigenvalue weighted by atomic mass is 10.1. The number of fused-ring (bicyclic) bond motifs is 1. The number of benzene rings is 1. The first-order valence-corrected chi connectivity index (χ1v) is 12.4. The molecule has 1 atom stereocenters. The molecular weight excluding hydrogens is 422 g/mol. The van der Waals surface area contributed by atoms with E-state index >= 15 is 0 Å². The third-order valence-corrected chi connectivity index (χ3v) is 6.99. The van der Waals surface area contributed by atoms with Crippen molar-refractivity contribution in [3.63, 3.8) is 0 Å². The summed E-state index contributed by atoms with van der Waals surface area (Å²) in [5, 5.41) is 11.7. The Bertz CT molecular complexity index is 1040. The molecular formula is C25H29N3O3S. The third kappa shape index (κ3) is 4.89. The second-order valence-corrected chi connectivity index (χ2v) is 9.36. The maximum Gasteiger partial charge on any atom is 0.275 e. The van der Waals surface area contributed by atoms with Gasteiger partial charge in [-0.25, -0.2) is 0 Å². The molecule has 5 rings (SSSR count). The zero-order valence-corrected chi connectivity index (χ0v) is 19.0. The molecule has 0 saturated carbocycles. The summed E-state index contributed by atoms with van der Waals surface area (Å²) in [6.45, 7) is 2.52. The van der Waals surface area contributed by atoms with E-state index in [1.54, 1.807) is 11.3 Å². The topological polar surface area (TPSA) is 67.5 Å². The smallest absolute Gasteiger partial charge is 0.275 e. The molecule has 1 fully saturated rings. The van der Waals surface area contributed by atoms with Gasteiger partial charge < -0.3 is 14.4 Å². The normalized spacial score (nSPS) is 17.4. The lowest BCUT2D eigenvalue weighted by Gasteiger charge is -2.25. The third-order valence-electron chi connectivity index (χ3n) is 6.26. The quantitative estimate of drug-likeness (QED) is 0.524. The van der Waals surface area contributed by atoms with E-state index in [0.717, 1.165) is 67.7 Å². The van der Waals surface area contributed by atoms with Gasteiger partial charge in [0.1, 0.15) is 5.75 Å². The monoisotopic (exact) mass is 451 g/mol. The van der Waals surface area contributed by atoms with Crippen molar-refractivity contribution in [3.8, 4) is 5.75 Å². The van der Waals surface area contributed by atoms with Gasteiger partial charge in [-0.3, -0.25) is 9.89 Å². The molecule has 6 nitrogen and oxygen atoms in total. The summed E-state index contributed by atoms with van der Waals surface area (Å²) in [7, 11) is 0. The fourth-order valence-electron chi connectivity index (χ4n) is 4.58. The Morgan fingerprint density at radius 1 is 1.25 bits per heavy atom. The second kappa shape index (κ2) is 9.88. The summed E-state index contributed by atoms with van der Waals surface area (Å²) in [4.78, 5) is 15.4. The zero-order chi connectivity index (χ0) is 21.8. The summed E-state index contributed by atoms with van der Waals surface area (Å²) < 4.78 is 11.8. The van der Waals surface area contributed by atoms with E-state index in [1.165, 1.54) is 5.56 Å². The molecule has 1 saturated heterocycles. The largest absolute Gasteiger partial charge is 0.493 e. The van der Waals surface area contributed by atoms with Crippen LogP contribution in [0, 0.1) is 0 Å². The molecule has 1 N–H and O–H groups in total. The highest BCUT2D eigenvalue weighted by Crippen LogP contribution is 2.25. The van der Waals surface area contributed by atoms with Gasteiger partial charge in [0.2, 0.25) is 0 Å². The molecule has 32 heavy (non-hydrogen) atoms. The fourth-order valence-corrected chi connectivity index (χ4v) is 5.28. The summed E-state index contributed by atoms with van der Waals surface area (Å²) in [5.41, 5.74) is 5.14. The van der Waals surface area contributed by atoms with Gasteiger partial charge in [-0.05, 0) is 72.2 Å². The van der Waals surface area contributed by atoms with Crippen LogP contribution < -0.4 is 4.74 Å². The van der Waals surface area contributed by atoms with Crippen molar-refractivity contribution in [1.82, 2.24) is 15.1 Å². The molecule has 2 aliphatic rings. The van der Waals surface area contributed by atoms with Crippen molar-refractivity contribution in [2.24, 2.45) is 0 Å². The molecule has 0 bridgehead atoms. The molecule has 1 aliphatic heterocycles. The molecule has 1 aromatic carbocycles. The Hall–Kier alpha value is -2.64. The van der Waals surface area contributed by atoms with Crippen LogP contribution in [0.2, 0.25) is 0 Å². The van der Waals surface area contributed by atoms with Crippen LogP contribution >= 0.6 is 11.3 Å². The van der Waals surface area contributed by atoms with Crippen LogP contribution in [-0.4, -0.2) is 46.9 Å². The van der Waals surface area contributed by atoms with Crippen molar-refractivity contribution < 1.29 is 14.3 Å². The van der Waals surface area contributed by atoms with E-state index in [9.17, 15) is 4.79 Å². The molecule has 1 amide bonds. The summed E-state index contributed by atoms with van der Waals surface area (Å²) in [5.74, 6) is 0.826. The van der Waals surface area contributed by atoms with Gasteiger partial charge in [0.25, 0.3) is 5.91 Å². The number of nitrogens with zero attached hydrogens (tertiary/aromatic N) is 2. The van der Waals surface area contributed by atoms with E-state index < -0.39 is 0 Å². The van der Waals surface area contributed by atoms with Crippen molar-refractivity contribution in [3.05, 3.63) is 69.2 Å². The summed E-state index contributed by atoms with van der Waals surface area (Å²) in [6.07, 6.45) is 6.02. The molecule has 1 unspecified atom stereocenters. The van der Waals surface area contributed by atoms with E-state index in [2.05, 4.69) is 33.1 Å². The molecule has 3 heterocycles. The van der Waals surface area contributed by atoms with Gasteiger partial charge in [0.15, 0.2) is 5.69 Å². The number of hydrogen-bond donors (Lipinski definition) is 1. The highest BCUT2D eigenvalue weighted by molar-refractivity contribution is 7.07. The molecule has 3 aromatic rings. The van der Waals surface area contributed by atoms with Gasteiger partial charge in [-0.1, -0.05) is 12.1 Å². The molecule has 0 radical (unpaired) electrons. The van der Waals surface area contributed by atoms with Gasteiger partial charge in [0.05, 0.1) is 12.7 Å². The van der Waals surface area contributed by atoms with Crippen LogP contribution in [0.1, 0.15) is 52.1 Å². The number of ether oxygens (including phenoxy) is 2. The van der Waals surface area contributed by atoms with Crippen LogP contribution in [0.3, 0.4) is 0 Å². The number of H-pyrrole nitrogens is 1. The van der Waals surface area contributed by atoms with E-state index in [0.29, 0.717) is 25.4 Å². The summed E-state index contributed by atoms with van der Waals surface area (Å²) in [6, 6.07) is 10.2. The standard InChI is InChI=1S/C25H29N3O3S/c29-25(24-22-7-2-8-23(22)26-27-24)28(16-21-6-3-11-30-21)15-19-4-1-5-20(14-19)31-12-9-18-10-13-32-17-18/h1,4-5,10,13-14,17,21H,2-3,6-9,11-12,15-16H2,(H,26,27). The lowest BCUT2D eigenvalue weighted by Crippen LogP contribution is -2.37. The highest BCUT2D eigenvalue weighted by atomic mass is 32.1. The number of rotatable bonds is 9. The van der Waals surface area contributed by atoms with Crippen molar-refractivity contribution in [2.45, 2.75) is 51.2 Å². The lowest BCUT2D eigenvalue weighted by molar-refractivity contribution is 0.0502. The van der Waals surface area contributed by atoms with Crippen LogP contribution in [0.25, 0.3) is 0 Å². The number of aromatic nitrogens is 2. The Balaban J connectivity index is 1.29. The Labute approximate surface area is 192 Å². The maximum atomic E-state index is 13.5. The zero-order valence-electron chi connectivity index (χ0n) is 18.2. The molecule has 7 heteroatoms. The minimum absolute atomic E-state index is 0.0105. The number of aromatic amines is 1. The minimum atomic E-state index is -0.0105. The number of carbonyl (C=O) groups excluding carboxylic acids is 1. The maximum absolute atomic E-state index is 13.5. The van der Waals surface area contributed by atoms with Crippen molar-refractivity contribution in [2.75, 3.05) is 19.8 Å². The number of carbonyl (C=O) groups is 1. The van der Waals surface area contributed by atoms with Crippen LogP contribution in [0.15, 0.2) is 41.1 Å². The van der Waals surface area contributed by atoms with E-state index in [4.69, 9.17) is 9.47 Å². The number of amides is 1. The Kier molecular flexibility index (Phi) is 6.55. The first-order chi connectivity index (χ1) is 15.8. The average molecular weight is 452 g/mol. The molecule has 1 aliphatic carbocycles. The molecule has 168 valence electrons. The van der Waals surface area contributed by atoms with Gasteiger partial charge in [-0.15, -0.1) is 0 Å². The molecule has 2 aromatic heterocycles. The van der Waals surface area contributed by atoms with Crippen LogP contribution in [-0.2, 0) is 30.5 Å². The van der Waals surface area contributed by atoms with Crippen LogP contribution in [0.4, 0.5) is 0 Å².